The Bertz CT molecular complexity index is 994. The summed E-state index contributed by atoms with van der Waals surface area (Å²) in [6.45, 7) is 4.72. The quantitative estimate of drug-likeness (QED) is 0.569. The van der Waals surface area contributed by atoms with Crippen LogP contribution >= 0.6 is 0 Å². The molecule has 0 N–H and O–H groups in total. The van der Waals surface area contributed by atoms with Crippen molar-refractivity contribution in [3.63, 3.8) is 0 Å². The summed E-state index contributed by atoms with van der Waals surface area (Å²) in [5, 5.41) is 4.57. The van der Waals surface area contributed by atoms with Crippen molar-refractivity contribution >= 4 is 12.3 Å². The van der Waals surface area contributed by atoms with Crippen LogP contribution in [0.25, 0.3) is 12.3 Å². The zero-order valence-electron chi connectivity index (χ0n) is 13.9. The summed E-state index contributed by atoms with van der Waals surface area (Å²) in [7, 11) is 0. The van der Waals surface area contributed by atoms with Gasteiger partial charge in [0.1, 0.15) is 5.82 Å². The van der Waals surface area contributed by atoms with Crippen LogP contribution in [0.5, 0.6) is 0 Å². The lowest BCUT2D eigenvalue weighted by Gasteiger charge is -2.07. The van der Waals surface area contributed by atoms with Crippen LogP contribution in [0.1, 0.15) is 33.6 Å². The Morgan fingerprint density at radius 2 is 1.83 bits per heavy atom. The number of aromatic nitrogens is 3. The third-order valence-corrected chi connectivity index (χ3v) is 4.62. The summed E-state index contributed by atoms with van der Waals surface area (Å²) in [5.74, 6) is 0.786. The zero-order chi connectivity index (χ0) is 16.7. The molecule has 0 atom stereocenters. The van der Waals surface area contributed by atoms with Crippen molar-refractivity contribution in [1.29, 1.82) is 0 Å². The van der Waals surface area contributed by atoms with Crippen molar-refractivity contribution in [3.05, 3.63) is 86.6 Å². The molecule has 4 nitrogen and oxygen atoms in total. The Kier molecular flexibility index (Phi) is 3.45. The van der Waals surface area contributed by atoms with Crippen molar-refractivity contribution in [2.24, 2.45) is 0 Å². The van der Waals surface area contributed by atoms with Gasteiger partial charge < -0.3 is 0 Å². The van der Waals surface area contributed by atoms with Crippen molar-refractivity contribution in [1.82, 2.24) is 14.3 Å². The molecule has 3 aromatic rings. The molecule has 24 heavy (non-hydrogen) atoms. The van der Waals surface area contributed by atoms with Gasteiger partial charge in [0, 0.05) is 12.6 Å². The van der Waals surface area contributed by atoms with Gasteiger partial charge in [-0.15, -0.1) is 0 Å². The van der Waals surface area contributed by atoms with Crippen LogP contribution in [0.4, 0.5) is 0 Å². The van der Waals surface area contributed by atoms with Crippen LogP contribution < -0.4 is 5.69 Å². The molecule has 0 bridgehead atoms. The molecule has 0 saturated carbocycles. The second kappa shape index (κ2) is 5.64. The van der Waals surface area contributed by atoms with Gasteiger partial charge in [-0.3, -0.25) is 4.57 Å². The highest BCUT2D eigenvalue weighted by molar-refractivity contribution is 5.66. The molecule has 0 spiro atoms. The minimum Gasteiger partial charge on any atom is -0.253 e. The first-order chi connectivity index (χ1) is 11.6. The Labute approximate surface area is 140 Å². The Hall–Kier alpha value is -2.88. The van der Waals surface area contributed by atoms with E-state index in [1.807, 2.05) is 42.6 Å². The summed E-state index contributed by atoms with van der Waals surface area (Å²) in [6, 6.07) is 14.3. The fraction of sp³-hybridized carbons (Fsp3) is 0.200. The second-order valence-electron chi connectivity index (χ2n) is 6.34. The fourth-order valence-corrected chi connectivity index (χ4v) is 3.13. The average Bonchev–Trinajstić information content (AvgIpc) is 2.75. The van der Waals surface area contributed by atoms with Gasteiger partial charge in [0.05, 0.1) is 6.54 Å². The van der Waals surface area contributed by atoms with Crippen molar-refractivity contribution in [2.75, 3.05) is 0 Å². The number of benzene rings is 2. The highest BCUT2D eigenvalue weighted by atomic mass is 16.2. The van der Waals surface area contributed by atoms with Gasteiger partial charge in [-0.1, -0.05) is 42.5 Å². The largest absolute Gasteiger partial charge is 0.350 e. The zero-order valence-corrected chi connectivity index (χ0v) is 13.9. The van der Waals surface area contributed by atoms with Crippen LogP contribution in [0.3, 0.4) is 0 Å². The molecule has 0 fully saturated rings. The first-order valence-corrected chi connectivity index (χ1v) is 8.12. The molecule has 120 valence electrons. The van der Waals surface area contributed by atoms with E-state index in [2.05, 4.69) is 31.1 Å². The molecule has 1 aromatic heterocycles. The second-order valence-corrected chi connectivity index (χ2v) is 6.34. The lowest BCUT2D eigenvalue weighted by molar-refractivity contribution is 0.650. The smallest absolute Gasteiger partial charge is 0.253 e. The van der Waals surface area contributed by atoms with E-state index in [-0.39, 0.29) is 5.69 Å². The molecule has 2 heterocycles. The number of fused-ring (bicyclic) bond motifs is 2. The Morgan fingerprint density at radius 3 is 2.62 bits per heavy atom. The maximum atomic E-state index is 12.7. The fourth-order valence-electron chi connectivity index (χ4n) is 3.13. The van der Waals surface area contributed by atoms with Crippen molar-refractivity contribution < 1.29 is 0 Å². The van der Waals surface area contributed by atoms with E-state index < -0.39 is 0 Å². The number of nitrogens with zero attached hydrogens (tertiary/aromatic N) is 3. The van der Waals surface area contributed by atoms with Gasteiger partial charge in [0.25, 0.3) is 0 Å². The first kappa shape index (κ1) is 14.7. The number of hydrogen-bond acceptors (Lipinski definition) is 2. The lowest BCUT2D eigenvalue weighted by Crippen LogP contribution is -2.23. The standard InChI is InChI=1S/C20H19N3O/c1-14-10-17-8-9-22-19(12-18(17)11-15(14)2)21-23(20(22)24)13-16-6-4-3-5-7-16/h3-11H,12-13H2,1-2H3. The maximum Gasteiger partial charge on any atom is 0.350 e. The van der Waals surface area contributed by atoms with Crippen molar-refractivity contribution in [3.8, 4) is 0 Å². The predicted molar refractivity (Wildman–Crippen MR) is 96.0 cm³/mol. The summed E-state index contributed by atoms with van der Waals surface area (Å²) in [6.07, 6.45) is 4.52. The SMILES string of the molecule is Cc1cc2c(cc1C)Cc1nn(Cc3ccccc3)c(=O)n1C=C2. The summed E-state index contributed by atoms with van der Waals surface area (Å²) < 4.78 is 3.20. The number of aryl methyl sites for hydroxylation is 2. The van der Waals surface area contributed by atoms with Gasteiger partial charge in [-0.25, -0.2) is 9.48 Å². The van der Waals surface area contributed by atoms with Gasteiger partial charge in [-0.05, 0) is 47.7 Å². The molecule has 0 unspecified atom stereocenters. The highest BCUT2D eigenvalue weighted by Gasteiger charge is 2.17. The van der Waals surface area contributed by atoms with Crippen LogP contribution in [0.15, 0.2) is 47.3 Å². The van der Waals surface area contributed by atoms with Crippen molar-refractivity contribution in [2.45, 2.75) is 26.8 Å². The summed E-state index contributed by atoms with van der Waals surface area (Å²) in [4.78, 5) is 12.7. The lowest BCUT2D eigenvalue weighted by atomic mass is 9.98. The van der Waals surface area contributed by atoms with Crippen LogP contribution in [0, 0.1) is 13.8 Å². The van der Waals surface area contributed by atoms with Crippen LogP contribution in [-0.2, 0) is 13.0 Å². The maximum absolute atomic E-state index is 12.7. The summed E-state index contributed by atoms with van der Waals surface area (Å²) >= 11 is 0. The average molecular weight is 317 g/mol. The minimum absolute atomic E-state index is 0.0913. The molecule has 1 aliphatic heterocycles. The van der Waals surface area contributed by atoms with Gasteiger partial charge in [0.2, 0.25) is 0 Å². The number of rotatable bonds is 2. The molecule has 4 rings (SSSR count). The Morgan fingerprint density at radius 1 is 1.08 bits per heavy atom. The predicted octanol–water partition coefficient (Wildman–Crippen LogP) is 3.24. The van der Waals surface area contributed by atoms with Gasteiger partial charge in [-0.2, -0.15) is 5.10 Å². The topological polar surface area (TPSA) is 39.8 Å². The minimum atomic E-state index is -0.0913. The van der Waals surface area contributed by atoms with E-state index in [1.54, 1.807) is 9.25 Å². The first-order valence-electron chi connectivity index (χ1n) is 8.12. The molecular formula is C20H19N3O. The van der Waals surface area contributed by atoms with Crippen LogP contribution in [0.2, 0.25) is 0 Å². The monoisotopic (exact) mass is 317 g/mol. The molecule has 2 aromatic carbocycles. The molecule has 0 aliphatic carbocycles. The van der Waals surface area contributed by atoms with Gasteiger partial charge >= 0.3 is 5.69 Å². The van der Waals surface area contributed by atoms with Gasteiger partial charge in [0.15, 0.2) is 0 Å². The third-order valence-electron chi connectivity index (χ3n) is 4.62. The van der Waals surface area contributed by atoms with E-state index in [4.69, 9.17) is 0 Å². The van der Waals surface area contributed by atoms with E-state index in [0.717, 1.165) is 17.0 Å². The van der Waals surface area contributed by atoms with Crippen LogP contribution in [-0.4, -0.2) is 14.3 Å². The normalized spacial score (nSPS) is 12.6. The third kappa shape index (κ3) is 2.50. The van der Waals surface area contributed by atoms with E-state index in [9.17, 15) is 4.79 Å². The molecular weight excluding hydrogens is 298 g/mol. The van der Waals surface area contributed by atoms with E-state index in [0.29, 0.717) is 13.0 Å². The highest BCUT2D eigenvalue weighted by Crippen LogP contribution is 2.22. The molecule has 0 amide bonds. The molecule has 1 aliphatic rings. The molecule has 0 radical (unpaired) electrons. The molecule has 4 heteroatoms. The number of hydrogen-bond donors (Lipinski definition) is 0. The van der Waals surface area contributed by atoms with E-state index >= 15 is 0 Å². The Balaban J connectivity index is 1.75. The molecule has 0 saturated heterocycles. The van der Waals surface area contributed by atoms with E-state index in [1.165, 1.54) is 16.7 Å². The summed E-state index contributed by atoms with van der Waals surface area (Å²) in [5.41, 5.74) is 5.89.